The van der Waals surface area contributed by atoms with Crippen LogP contribution in [-0.4, -0.2) is 18.9 Å². The predicted molar refractivity (Wildman–Crippen MR) is 118 cm³/mol. The van der Waals surface area contributed by atoms with Crippen LogP contribution in [0.4, 0.5) is 0 Å². The van der Waals surface area contributed by atoms with Crippen molar-refractivity contribution in [2.45, 2.75) is 53.3 Å². The predicted octanol–water partition coefficient (Wildman–Crippen LogP) is 5.06. The number of thiophene rings is 3. The van der Waals surface area contributed by atoms with E-state index in [0.717, 1.165) is 54.8 Å². The molecule has 6 atom stereocenters. The van der Waals surface area contributed by atoms with E-state index in [1.807, 2.05) is 0 Å². The Hall–Kier alpha value is -1.89. The molecule has 0 N–H and O–H groups in total. The monoisotopic (exact) mass is 450 g/mol. The molecule has 3 aromatic heterocycles. The Morgan fingerprint density at radius 1 is 0.600 bits per heavy atom. The molecule has 7 rings (SSSR count). The average molecular weight is 451 g/mol. The van der Waals surface area contributed by atoms with Gasteiger partial charge in [-0.3, -0.25) is 0 Å². The molecule has 3 saturated carbocycles. The van der Waals surface area contributed by atoms with Gasteiger partial charge in [0.25, 0.3) is 0 Å². The fraction of sp³-hybridized carbons (Fsp3) is 0.375. The fourth-order valence-corrected chi connectivity index (χ4v) is 9.40. The van der Waals surface area contributed by atoms with E-state index in [2.05, 4.69) is 34.3 Å². The largest absolute Gasteiger partial charge is 0.302 e. The molecule has 3 fully saturated rings. The summed E-state index contributed by atoms with van der Waals surface area (Å²) in [7, 11) is 0. The van der Waals surface area contributed by atoms with Crippen molar-refractivity contribution in [1.82, 2.24) is 0 Å². The molecule has 0 spiro atoms. The first-order valence-electron chi connectivity index (χ1n) is 10.3. The minimum atomic E-state index is -0.442. The SMILES string of the molecule is O=CC12CC1c1cc(cs1)C1(C=O)CC1c1cc(cs1)C1(C=O)CC1c1cc2cs1. The molecule has 6 bridgehead atoms. The molecule has 6 unspecified atom stereocenters. The molecule has 6 heteroatoms. The minimum absolute atomic E-state index is 0.199. The van der Waals surface area contributed by atoms with Gasteiger partial charge in [0.05, 0.1) is 16.2 Å². The van der Waals surface area contributed by atoms with Crippen molar-refractivity contribution in [3.05, 3.63) is 65.7 Å². The van der Waals surface area contributed by atoms with Crippen LogP contribution in [0.25, 0.3) is 0 Å². The van der Waals surface area contributed by atoms with Gasteiger partial charge >= 0.3 is 0 Å². The Balaban J connectivity index is 1.42. The molecule has 3 heterocycles. The van der Waals surface area contributed by atoms with Gasteiger partial charge in [-0.2, -0.15) is 0 Å². The first kappa shape index (κ1) is 17.8. The Labute approximate surface area is 185 Å². The lowest BCUT2D eigenvalue weighted by atomic mass is 9.94. The third-order valence-electron chi connectivity index (χ3n) is 8.14. The van der Waals surface area contributed by atoms with Crippen molar-refractivity contribution in [2.75, 3.05) is 0 Å². The number of hydrogen-bond donors (Lipinski definition) is 0. The lowest BCUT2D eigenvalue weighted by Gasteiger charge is -2.08. The van der Waals surface area contributed by atoms with Crippen LogP contribution in [0.5, 0.6) is 0 Å². The van der Waals surface area contributed by atoms with E-state index in [9.17, 15) is 14.4 Å². The first-order chi connectivity index (χ1) is 14.6. The highest BCUT2D eigenvalue weighted by molar-refractivity contribution is 7.11. The quantitative estimate of drug-likeness (QED) is 0.524. The second kappa shape index (κ2) is 5.47. The van der Waals surface area contributed by atoms with E-state index in [-0.39, 0.29) is 17.8 Å². The number of rotatable bonds is 3. The van der Waals surface area contributed by atoms with Crippen LogP contribution in [-0.2, 0) is 30.6 Å². The van der Waals surface area contributed by atoms with Crippen LogP contribution in [0.3, 0.4) is 0 Å². The maximum Gasteiger partial charge on any atom is 0.131 e. The second-order valence-corrected chi connectivity index (χ2v) is 12.3. The highest BCUT2D eigenvalue weighted by Gasteiger charge is 2.62. The Morgan fingerprint density at radius 3 is 1.17 bits per heavy atom. The minimum Gasteiger partial charge on any atom is -0.302 e. The summed E-state index contributed by atoms with van der Waals surface area (Å²) in [5, 5.41) is 6.38. The fourth-order valence-electron chi connectivity index (χ4n) is 5.79. The molecule has 0 amide bonds. The summed E-state index contributed by atoms with van der Waals surface area (Å²) in [6.45, 7) is 0. The molecule has 4 aliphatic rings. The average Bonchev–Trinajstić information content (AvgIpc) is 3.68. The highest BCUT2D eigenvalue weighted by atomic mass is 32.1. The number of hydrogen-bond acceptors (Lipinski definition) is 6. The molecule has 4 aliphatic carbocycles. The van der Waals surface area contributed by atoms with Crippen LogP contribution in [0.1, 0.15) is 68.3 Å². The van der Waals surface area contributed by atoms with Gasteiger partial charge in [-0.25, -0.2) is 0 Å². The zero-order chi connectivity index (χ0) is 20.3. The normalized spacial score (nSPS) is 39.4. The van der Waals surface area contributed by atoms with E-state index in [1.165, 1.54) is 14.6 Å². The maximum absolute atomic E-state index is 12.2. The summed E-state index contributed by atoms with van der Waals surface area (Å²) in [5.41, 5.74) is 1.96. The lowest BCUT2D eigenvalue weighted by Crippen LogP contribution is -2.11. The van der Waals surface area contributed by atoms with Crippen LogP contribution >= 0.6 is 34.0 Å². The van der Waals surface area contributed by atoms with Crippen LogP contribution in [0, 0.1) is 0 Å². The summed E-state index contributed by atoms with van der Waals surface area (Å²) >= 11 is 5.08. The Bertz CT molecular complexity index is 1100. The third kappa shape index (κ3) is 1.98. The van der Waals surface area contributed by atoms with Crippen LogP contribution < -0.4 is 0 Å². The summed E-state index contributed by atoms with van der Waals surface area (Å²) in [6.07, 6.45) is 5.88. The first-order valence-corrected chi connectivity index (χ1v) is 12.9. The molecule has 3 aromatic rings. The zero-order valence-corrected chi connectivity index (χ0v) is 18.4. The molecule has 150 valence electrons. The van der Waals surface area contributed by atoms with E-state index in [0.29, 0.717) is 0 Å². The summed E-state index contributed by atoms with van der Waals surface area (Å²) < 4.78 is 0. The summed E-state index contributed by atoms with van der Waals surface area (Å²) in [4.78, 5) is 40.3. The summed E-state index contributed by atoms with van der Waals surface area (Å²) in [5.74, 6) is 0.597. The standard InChI is InChI=1S/C24H18O3S3/c25-10-22-5-17(22)20-3-15(9-29-20)24(12-27)6-18(24)21-2-14(8-30-21)23(11-26)4-16(23)19-1-13(22)7-28-19/h1-3,7-12,16-18H,4-6H2. The van der Waals surface area contributed by atoms with Gasteiger partial charge in [-0.05, 0) is 70.3 Å². The third-order valence-corrected chi connectivity index (χ3v) is 11.3. The highest BCUT2D eigenvalue weighted by Crippen LogP contribution is 2.67. The van der Waals surface area contributed by atoms with Crippen molar-refractivity contribution in [3.8, 4) is 0 Å². The van der Waals surface area contributed by atoms with Gasteiger partial charge in [0.1, 0.15) is 18.9 Å². The second-order valence-electron chi connectivity index (χ2n) is 9.46. The van der Waals surface area contributed by atoms with Crippen LogP contribution in [0.2, 0.25) is 0 Å². The van der Waals surface area contributed by atoms with Crippen molar-refractivity contribution in [2.24, 2.45) is 0 Å². The molecule has 0 aliphatic heterocycles. The molecule has 30 heavy (non-hydrogen) atoms. The van der Waals surface area contributed by atoms with Crippen LogP contribution in [0.15, 0.2) is 34.3 Å². The smallest absolute Gasteiger partial charge is 0.131 e. The topological polar surface area (TPSA) is 51.2 Å². The number of aldehydes is 3. The van der Waals surface area contributed by atoms with E-state index < -0.39 is 16.2 Å². The van der Waals surface area contributed by atoms with Crippen molar-refractivity contribution in [3.63, 3.8) is 0 Å². The molecule has 0 saturated heterocycles. The maximum atomic E-state index is 12.2. The number of fused-ring (bicyclic) bond motifs is 15. The van der Waals surface area contributed by atoms with E-state index >= 15 is 0 Å². The molecular formula is C24H18O3S3. The van der Waals surface area contributed by atoms with Crippen molar-refractivity contribution >= 4 is 52.9 Å². The number of carbonyl (C=O) groups is 3. The molecule has 0 aromatic carbocycles. The van der Waals surface area contributed by atoms with Gasteiger partial charge < -0.3 is 14.4 Å². The zero-order valence-electron chi connectivity index (χ0n) is 16.0. The van der Waals surface area contributed by atoms with Gasteiger partial charge in [-0.15, -0.1) is 34.0 Å². The molecular weight excluding hydrogens is 432 g/mol. The Morgan fingerprint density at radius 2 is 0.900 bits per heavy atom. The van der Waals surface area contributed by atoms with Gasteiger partial charge in [0.2, 0.25) is 0 Å². The molecule has 0 radical (unpaired) electrons. The van der Waals surface area contributed by atoms with Gasteiger partial charge in [-0.1, -0.05) is 0 Å². The van der Waals surface area contributed by atoms with E-state index in [4.69, 9.17) is 0 Å². The molecule has 3 nitrogen and oxygen atoms in total. The van der Waals surface area contributed by atoms with Crippen molar-refractivity contribution < 1.29 is 14.4 Å². The number of carbonyl (C=O) groups excluding carboxylic acids is 3. The van der Waals surface area contributed by atoms with Gasteiger partial charge in [0.15, 0.2) is 0 Å². The van der Waals surface area contributed by atoms with Gasteiger partial charge in [0, 0.05) is 32.4 Å². The lowest BCUT2D eigenvalue weighted by molar-refractivity contribution is -0.110. The Kier molecular flexibility index (Phi) is 3.24. The summed E-state index contributed by atoms with van der Waals surface area (Å²) in [6, 6.07) is 6.54. The van der Waals surface area contributed by atoms with Crippen molar-refractivity contribution in [1.29, 1.82) is 0 Å². The van der Waals surface area contributed by atoms with E-state index in [1.54, 1.807) is 34.0 Å².